The molecule has 0 radical (unpaired) electrons. The highest BCUT2D eigenvalue weighted by molar-refractivity contribution is 6.05. The lowest BCUT2D eigenvalue weighted by atomic mass is 9.78. The van der Waals surface area contributed by atoms with Crippen LogP contribution in [0.1, 0.15) is 43.2 Å². The first kappa shape index (κ1) is 20.8. The topological polar surface area (TPSA) is 69.7 Å². The van der Waals surface area contributed by atoms with E-state index in [0.717, 1.165) is 22.3 Å². The molecule has 3 rings (SSSR count). The Bertz CT molecular complexity index is 918. The van der Waals surface area contributed by atoms with E-state index in [-0.39, 0.29) is 11.8 Å². The van der Waals surface area contributed by atoms with Gasteiger partial charge in [-0.25, -0.2) is 0 Å². The van der Waals surface area contributed by atoms with Gasteiger partial charge in [0.2, 0.25) is 0 Å². The Morgan fingerprint density at radius 2 is 1.79 bits per heavy atom. The van der Waals surface area contributed by atoms with Crippen molar-refractivity contribution in [1.29, 1.82) is 0 Å². The molecule has 152 valence electrons. The summed E-state index contributed by atoms with van der Waals surface area (Å²) < 4.78 is 9.91. The minimum atomic E-state index is -1.11. The minimum absolute atomic E-state index is 0.0578. The number of esters is 2. The van der Waals surface area contributed by atoms with Gasteiger partial charge in [0.25, 0.3) is 0 Å². The fourth-order valence-electron chi connectivity index (χ4n) is 4.21. The van der Waals surface area contributed by atoms with Gasteiger partial charge >= 0.3 is 11.9 Å². The van der Waals surface area contributed by atoms with Crippen molar-refractivity contribution in [2.75, 3.05) is 14.2 Å². The Hall–Kier alpha value is -2.95. The quantitative estimate of drug-likeness (QED) is 0.545. The number of ketones is 1. The number of Topliss-reactive ketones (excluding diaryl/α,β-unsaturated/α-hetero) is 1. The molecule has 5 heteroatoms. The average molecular weight is 394 g/mol. The zero-order valence-electron chi connectivity index (χ0n) is 17.1. The first-order valence-electron chi connectivity index (χ1n) is 9.80. The van der Waals surface area contributed by atoms with Crippen molar-refractivity contribution in [3.05, 3.63) is 59.7 Å². The standard InChI is InChI=1S/C24H26O5/c1-16(22(26)28-2)19-12-11-17(14-20(19)18-8-5-4-6-9-18)15-24(23(27)29-3)13-7-10-21(24)25/h4-6,8-9,11-12,14,16H,7,10,13,15H2,1-3H3. The van der Waals surface area contributed by atoms with Crippen LogP contribution in [-0.4, -0.2) is 31.9 Å². The third-order valence-electron chi connectivity index (χ3n) is 5.85. The second-order valence-corrected chi connectivity index (χ2v) is 7.56. The summed E-state index contributed by atoms with van der Waals surface area (Å²) in [5, 5.41) is 0. The fourth-order valence-corrected chi connectivity index (χ4v) is 4.21. The Morgan fingerprint density at radius 3 is 2.38 bits per heavy atom. The SMILES string of the molecule is COC(=O)C(C)c1ccc(CC2(C(=O)OC)CCCC2=O)cc1-c1ccccc1. The first-order chi connectivity index (χ1) is 13.9. The number of ether oxygens (including phenoxy) is 2. The summed E-state index contributed by atoms with van der Waals surface area (Å²) in [4.78, 5) is 37.3. The van der Waals surface area contributed by atoms with Crippen molar-refractivity contribution < 1.29 is 23.9 Å². The molecule has 1 aliphatic rings. The maximum Gasteiger partial charge on any atom is 0.319 e. The predicted molar refractivity (Wildman–Crippen MR) is 109 cm³/mol. The second-order valence-electron chi connectivity index (χ2n) is 7.56. The van der Waals surface area contributed by atoms with Gasteiger partial charge < -0.3 is 9.47 Å². The molecule has 0 amide bonds. The molecule has 0 N–H and O–H groups in total. The van der Waals surface area contributed by atoms with Crippen LogP contribution in [0.5, 0.6) is 0 Å². The van der Waals surface area contributed by atoms with Gasteiger partial charge in [-0.3, -0.25) is 14.4 Å². The number of carbonyl (C=O) groups is 3. The average Bonchev–Trinajstić information content (AvgIpc) is 3.13. The van der Waals surface area contributed by atoms with Gasteiger partial charge in [0.05, 0.1) is 20.1 Å². The van der Waals surface area contributed by atoms with Crippen LogP contribution in [0.25, 0.3) is 11.1 Å². The maximum absolute atomic E-state index is 12.6. The third kappa shape index (κ3) is 3.95. The minimum Gasteiger partial charge on any atom is -0.469 e. The highest BCUT2D eigenvalue weighted by Crippen LogP contribution is 2.40. The lowest BCUT2D eigenvalue weighted by molar-refractivity contribution is -0.156. The molecule has 2 aromatic rings. The summed E-state index contributed by atoms with van der Waals surface area (Å²) in [6.07, 6.45) is 1.89. The summed E-state index contributed by atoms with van der Waals surface area (Å²) in [6.45, 7) is 1.81. The molecule has 0 bridgehead atoms. The number of methoxy groups -OCH3 is 2. The van der Waals surface area contributed by atoms with E-state index in [4.69, 9.17) is 9.47 Å². The van der Waals surface area contributed by atoms with Crippen LogP contribution in [0, 0.1) is 5.41 Å². The molecule has 5 nitrogen and oxygen atoms in total. The number of rotatable bonds is 6. The number of hydrogen-bond donors (Lipinski definition) is 0. The smallest absolute Gasteiger partial charge is 0.319 e. The molecule has 0 heterocycles. The van der Waals surface area contributed by atoms with Gasteiger partial charge in [-0.15, -0.1) is 0 Å². The normalized spacial score (nSPS) is 19.6. The van der Waals surface area contributed by atoms with E-state index in [1.165, 1.54) is 14.2 Å². The predicted octanol–water partition coefficient (Wildman–Crippen LogP) is 4.09. The molecule has 1 fully saturated rings. The monoisotopic (exact) mass is 394 g/mol. The molecule has 1 aliphatic carbocycles. The molecule has 2 atom stereocenters. The van der Waals surface area contributed by atoms with Crippen LogP contribution in [0.4, 0.5) is 0 Å². The largest absolute Gasteiger partial charge is 0.469 e. The Balaban J connectivity index is 2.06. The van der Waals surface area contributed by atoms with Crippen molar-refractivity contribution in [2.45, 2.75) is 38.5 Å². The van der Waals surface area contributed by atoms with Crippen LogP contribution in [0.15, 0.2) is 48.5 Å². The molecule has 29 heavy (non-hydrogen) atoms. The van der Waals surface area contributed by atoms with E-state index in [2.05, 4.69) is 0 Å². The summed E-state index contributed by atoms with van der Waals surface area (Å²) >= 11 is 0. The highest BCUT2D eigenvalue weighted by Gasteiger charge is 2.49. The van der Waals surface area contributed by atoms with Crippen molar-refractivity contribution in [3.63, 3.8) is 0 Å². The van der Waals surface area contributed by atoms with Crippen LogP contribution in [-0.2, 0) is 30.3 Å². The number of hydrogen-bond acceptors (Lipinski definition) is 5. The molecule has 1 saturated carbocycles. The third-order valence-corrected chi connectivity index (χ3v) is 5.85. The van der Waals surface area contributed by atoms with Gasteiger partial charge in [-0.1, -0.05) is 48.5 Å². The molecule has 0 saturated heterocycles. The van der Waals surface area contributed by atoms with Crippen molar-refractivity contribution in [3.8, 4) is 11.1 Å². The summed E-state index contributed by atoms with van der Waals surface area (Å²) in [7, 11) is 2.70. The summed E-state index contributed by atoms with van der Waals surface area (Å²) in [5.74, 6) is -1.27. The van der Waals surface area contributed by atoms with Crippen molar-refractivity contribution >= 4 is 17.7 Å². The lowest BCUT2D eigenvalue weighted by Crippen LogP contribution is -2.38. The Labute approximate surface area is 171 Å². The van der Waals surface area contributed by atoms with E-state index in [1.807, 2.05) is 55.5 Å². The van der Waals surface area contributed by atoms with Gasteiger partial charge in [-0.05, 0) is 48.4 Å². The first-order valence-corrected chi connectivity index (χ1v) is 9.80. The number of benzene rings is 2. The number of carbonyl (C=O) groups excluding carboxylic acids is 3. The van der Waals surface area contributed by atoms with Gasteiger partial charge in [0.15, 0.2) is 5.78 Å². The van der Waals surface area contributed by atoms with Gasteiger partial charge in [0.1, 0.15) is 5.41 Å². The van der Waals surface area contributed by atoms with Crippen LogP contribution in [0.3, 0.4) is 0 Å². The zero-order chi connectivity index (χ0) is 21.0. The molecule has 0 aliphatic heterocycles. The van der Waals surface area contributed by atoms with E-state index in [0.29, 0.717) is 25.7 Å². The van der Waals surface area contributed by atoms with Crippen LogP contribution in [0.2, 0.25) is 0 Å². The van der Waals surface area contributed by atoms with E-state index in [1.54, 1.807) is 0 Å². The van der Waals surface area contributed by atoms with Gasteiger partial charge in [0, 0.05) is 6.42 Å². The lowest BCUT2D eigenvalue weighted by Gasteiger charge is -2.25. The van der Waals surface area contributed by atoms with Gasteiger partial charge in [-0.2, -0.15) is 0 Å². The fraction of sp³-hybridized carbons (Fsp3) is 0.375. The summed E-state index contributed by atoms with van der Waals surface area (Å²) in [5.41, 5.74) is 2.46. The molecule has 0 aromatic heterocycles. The zero-order valence-corrected chi connectivity index (χ0v) is 17.1. The van der Waals surface area contributed by atoms with E-state index in [9.17, 15) is 14.4 Å². The molecular weight excluding hydrogens is 368 g/mol. The summed E-state index contributed by atoms with van der Waals surface area (Å²) in [6, 6.07) is 15.5. The van der Waals surface area contributed by atoms with Crippen LogP contribution >= 0.6 is 0 Å². The Morgan fingerprint density at radius 1 is 1.07 bits per heavy atom. The molecular formula is C24H26O5. The van der Waals surface area contributed by atoms with E-state index < -0.39 is 17.3 Å². The molecule has 2 aromatic carbocycles. The second kappa shape index (κ2) is 8.60. The molecule has 2 unspecified atom stereocenters. The van der Waals surface area contributed by atoms with Crippen molar-refractivity contribution in [1.82, 2.24) is 0 Å². The maximum atomic E-state index is 12.6. The highest BCUT2D eigenvalue weighted by atomic mass is 16.5. The van der Waals surface area contributed by atoms with E-state index >= 15 is 0 Å². The molecule has 0 spiro atoms. The van der Waals surface area contributed by atoms with Crippen LogP contribution < -0.4 is 0 Å². The Kier molecular flexibility index (Phi) is 6.16. The van der Waals surface area contributed by atoms with Crippen molar-refractivity contribution in [2.24, 2.45) is 5.41 Å².